The van der Waals surface area contributed by atoms with Crippen LogP contribution in [0.3, 0.4) is 0 Å². The molecular formula is C13H26N6. The van der Waals surface area contributed by atoms with Gasteiger partial charge in [0, 0.05) is 45.5 Å². The van der Waals surface area contributed by atoms with Gasteiger partial charge in [-0.2, -0.15) is 0 Å². The van der Waals surface area contributed by atoms with Gasteiger partial charge in [0.2, 0.25) is 0 Å². The molecule has 1 aliphatic rings. The van der Waals surface area contributed by atoms with Crippen LogP contribution >= 0.6 is 0 Å². The quantitative estimate of drug-likeness (QED) is 0.754. The highest BCUT2D eigenvalue weighted by molar-refractivity contribution is 4.91. The van der Waals surface area contributed by atoms with Gasteiger partial charge in [0.05, 0.1) is 12.2 Å². The molecule has 1 aliphatic heterocycles. The number of nitrogens with one attached hydrogen (secondary N) is 1. The number of hydrogen-bond acceptors (Lipinski definition) is 5. The minimum atomic E-state index is 0.811. The monoisotopic (exact) mass is 266 g/mol. The van der Waals surface area contributed by atoms with Crippen molar-refractivity contribution in [2.24, 2.45) is 0 Å². The lowest BCUT2D eigenvalue weighted by Crippen LogP contribution is -2.46. The summed E-state index contributed by atoms with van der Waals surface area (Å²) in [6.07, 6.45) is 2.05. The van der Waals surface area contributed by atoms with Gasteiger partial charge in [-0.3, -0.25) is 9.58 Å². The molecule has 1 N–H and O–H groups in total. The van der Waals surface area contributed by atoms with E-state index in [0.29, 0.717) is 0 Å². The zero-order chi connectivity index (χ0) is 13.5. The predicted octanol–water partition coefficient (Wildman–Crippen LogP) is 0.0251. The molecule has 1 aromatic heterocycles. The van der Waals surface area contributed by atoms with Gasteiger partial charge in [-0.15, -0.1) is 5.10 Å². The van der Waals surface area contributed by atoms with E-state index < -0.39 is 0 Å². The predicted molar refractivity (Wildman–Crippen MR) is 76.0 cm³/mol. The molecule has 0 radical (unpaired) electrons. The Morgan fingerprint density at radius 3 is 2.53 bits per heavy atom. The molecule has 0 spiro atoms. The van der Waals surface area contributed by atoms with Gasteiger partial charge >= 0.3 is 0 Å². The van der Waals surface area contributed by atoms with Gasteiger partial charge in [-0.1, -0.05) is 19.1 Å². The van der Waals surface area contributed by atoms with Gasteiger partial charge < -0.3 is 10.2 Å². The summed E-state index contributed by atoms with van der Waals surface area (Å²) in [4.78, 5) is 5.01. The molecule has 2 rings (SSSR count). The summed E-state index contributed by atoms with van der Waals surface area (Å²) in [5, 5.41) is 11.6. The lowest BCUT2D eigenvalue weighted by Gasteiger charge is -2.33. The van der Waals surface area contributed by atoms with Gasteiger partial charge in [0.25, 0.3) is 0 Å². The minimum Gasteiger partial charge on any atom is -0.311 e. The van der Waals surface area contributed by atoms with E-state index in [1.165, 1.54) is 32.7 Å². The van der Waals surface area contributed by atoms with Crippen LogP contribution in [-0.4, -0.2) is 70.6 Å². The Balaban J connectivity index is 1.69. The van der Waals surface area contributed by atoms with Crippen LogP contribution in [0, 0.1) is 0 Å². The second kappa shape index (κ2) is 7.57. The Morgan fingerprint density at radius 2 is 1.84 bits per heavy atom. The van der Waals surface area contributed by atoms with Gasteiger partial charge in [0.1, 0.15) is 0 Å². The van der Waals surface area contributed by atoms with E-state index in [1.807, 2.05) is 10.9 Å². The van der Waals surface area contributed by atoms with Crippen LogP contribution in [0.1, 0.15) is 19.5 Å². The van der Waals surface area contributed by atoms with E-state index in [-0.39, 0.29) is 0 Å². The summed E-state index contributed by atoms with van der Waals surface area (Å²) in [7, 11) is 0. The highest BCUT2D eigenvalue weighted by Gasteiger charge is 2.15. The maximum Gasteiger partial charge on any atom is 0.0964 e. The molecule has 2 heterocycles. The first-order valence-corrected chi connectivity index (χ1v) is 7.36. The second-order valence-electron chi connectivity index (χ2n) is 5.03. The topological polar surface area (TPSA) is 49.2 Å². The highest BCUT2D eigenvalue weighted by Crippen LogP contribution is 2.01. The first-order valence-electron chi connectivity index (χ1n) is 7.36. The molecule has 1 saturated heterocycles. The smallest absolute Gasteiger partial charge is 0.0964 e. The summed E-state index contributed by atoms with van der Waals surface area (Å²) in [5.41, 5.74) is 1.03. The Morgan fingerprint density at radius 1 is 1.11 bits per heavy atom. The third-order valence-corrected chi connectivity index (χ3v) is 3.70. The average molecular weight is 266 g/mol. The summed E-state index contributed by atoms with van der Waals surface area (Å²) in [6, 6.07) is 0. The maximum absolute atomic E-state index is 4.17. The van der Waals surface area contributed by atoms with Crippen molar-refractivity contribution in [2.75, 3.05) is 45.8 Å². The van der Waals surface area contributed by atoms with Crippen molar-refractivity contribution in [1.82, 2.24) is 30.1 Å². The van der Waals surface area contributed by atoms with Crippen LogP contribution in [0.25, 0.3) is 0 Å². The third kappa shape index (κ3) is 4.56. The molecule has 0 saturated carbocycles. The van der Waals surface area contributed by atoms with Crippen LogP contribution < -0.4 is 5.32 Å². The zero-order valence-electron chi connectivity index (χ0n) is 12.2. The van der Waals surface area contributed by atoms with E-state index in [1.54, 1.807) is 0 Å². The summed E-state index contributed by atoms with van der Waals surface area (Å²) in [6.45, 7) is 14.0. The van der Waals surface area contributed by atoms with Crippen molar-refractivity contribution in [3.63, 3.8) is 0 Å². The van der Waals surface area contributed by atoms with Crippen molar-refractivity contribution in [1.29, 1.82) is 0 Å². The second-order valence-corrected chi connectivity index (χ2v) is 5.03. The van der Waals surface area contributed by atoms with Crippen LogP contribution in [0.5, 0.6) is 0 Å². The molecule has 0 unspecified atom stereocenters. The van der Waals surface area contributed by atoms with Crippen molar-refractivity contribution in [3.05, 3.63) is 11.9 Å². The number of piperazine rings is 1. The van der Waals surface area contributed by atoms with Crippen LogP contribution in [0.2, 0.25) is 0 Å². The Labute approximate surface area is 115 Å². The van der Waals surface area contributed by atoms with E-state index in [0.717, 1.165) is 31.9 Å². The van der Waals surface area contributed by atoms with Crippen LogP contribution in [-0.2, 0) is 13.1 Å². The fraction of sp³-hybridized carbons (Fsp3) is 0.846. The standard InChI is InChI=1S/C13H26N6/c1-3-14-11-13-12-19(16-15-13)10-9-18-7-5-17(4-2)6-8-18/h12,14H,3-11H2,1-2H3. The summed E-state index contributed by atoms with van der Waals surface area (Å²) < 4.78 is 1.96. The van der Waals surface area contributed by atoms with Crippen molar-refractivity contribution < 1.29 is 0 Å². The molecule has 0 atom stereocenters. The van der Waals surface area contributed by atoms with Crippen LogP contribution in [0.4, 0.5) is 0 Å². The molecule has 1 aromatic rings. The van der Waals surface area contributed by atoms with Crippen LogP contribution in [0.15, 0.2) is 6.20 Å². The number of aromatic nitrogens is 3. The molecule has 6 nitrogen and oxygen atoms in total. The molecule has 1 fully saturated rings. The van der Waals surface area contributed by atoms with E-state index in [2.05, 4.69) is 39.3 Å². The molecule has 0 bridgehead atoms. The number of nitrogens with zero attached hydrogens (tertiary/aromatic N) is 5. The molecule has 0 amide bonds. The normalized spacial score (nSPS) is 18.0. The van der Waals surface area contributed by atoms with Crippen molar-refractivity contribution >= 4 is 0 Å². The van der Waals surface area contributed by atoms with Gasteiger partial charge in [0.15, 0.2) is 0 Å². The lowest BCUT2D eigenvalue weighted by atomic mass is 10.3. The fourth-order valence-electron chi connectivity index (χ4n) is 2.35. The van der Waals surface area contributed by atoms with E-state index in [9.17, 15) is 0 Å². The summed E-state index contributed by atoms with van der Waals surface area (Å²) >= 11 is 0. The molecule has 19 heavy (non-hydrogen) atoms. The number of likely N-dealkylation sites (N-methyl/N-ethyl adjacent to an activating group) is 1. The Bertz CT molecular complexity index is 356. The zero-order valence-corrected chi connectivity index (χ0v) is 12.2. The average Bonchev–Trinajstić information content (AvgIpc) is 2.91. The Kier molecular flexibility index (Phi) is 5.75. The molecule has 0 aliphatic carbocycles. The largest absolute Gasteiger partial charge is 0.311 e. The van der Waals surface area contributed by atoms with Crippen molar-refractivity contribution in [2.45, 2.75) is 26.9 Å². The summed E-state index contributed by atoms with van der Waals surface area (Å²) in [5.74, 6) is 0. The SMILES string of the molecule is CCNCc1cn(CCN2CCN(CC)CC2)nn1. The van der Waals surface area contributed by atoms with Crippen molar-refractivity contribution in [3.8, 4) is 0 Å². The molecule has 6 heteroatoms. The minimum absolute atomic E-state index is 0.811. The maximum atomic E-state index is 4.17. The molecular weight excluding hydrogens is 240 g/mol. The number of rotatable bonds is 7. The third-order valence-electron chi connectivity index (χ3n) is 3.70. The Hall–Kier alpha value is -0.980. The van der Waals surface area contributed by atoms with Gasteiger partial charge in [-0.05, 0) is 13.1 Å². The number of hydrogen-bond donors (Lipinski definition) is 1. The lowest BCUT2D eigenvalue weighted by molar-refractivity contribution is 0.132. The molecule has 0 aromatic carbocycles. The van der Waals surface area contributed by atoms with Gasteiger partial charge in [-0.25, -0.2) is 0 Å². The fourth-order valence-corrected chi connectivity index (χ4v) is 2.35. The van der Waals surface area contributed by atoms with E-state index in [4.69, 9.17) is 0 Å². The highest BCUT2D eigenvalue weighted by atomic mass is 15.4. The first kappa shape index (κ1) is 14.4. The van der Waals surface area contributed by atoms with E-state index >= 15 is 0 Å². The molecule has 108 valence electrons. The first-order chi connectivity index (χ1) is 9.31.